The first kappa shape index (κ1) is 14.1. The summed E-state index contributed by atoms with van der Waals surface area (Å²) in [5, 5.41) is 0. The lowest BCUT2D eigenvalue weighted by Gasteiger charge is -2.35. The average molecular weight is 325 g/mol. The van der Waals surface area contributed by atoms with Gasteiger partial charge < -0.3 is 10.6 Å². The zero-order valence-electron chi connectivity index (χ0n) is 10.6. The highest BCUT2D eigenvalue weighted by atomic mass is 79.9. The molecule has 0 spiro atoms. The van der Waals surface area contributed by atoms with Gasteiger partial charge in [0.25, 0.3) is 5.91 Å². The molecule has 1 heterocycles. The molecule has 0 aromatic heterocycles. The van der Waals surface area contributed by atoms with Crippen molar-refractivity contribution < 1.29 is 9.59 Å². The Balaban J connectivity index is 2.15. The maximum Gasteiger partial charge on any atom is 0.254 e. The first-order valence-corrected chi connectivity index (χ1v) is 7.22. The standard InChI is InChI=1S/C14H17BrN2O2/c15-11-6-4-10(5-7-11)14(19)17-8-2-1-3-12(17)9-13(16)18/h4-7,12H,1-3,8-9H2,(H2,16,18). The minimum absolute atomic E-state index is 0.0153. The van der Waals surface area contributed by atoms with Crippen LogP contribution >= 0.6 is 15.9 Å². The lowest BCUT2D eigenvalue weighted by molar-refractivity contribution is -0.119. The predicted octanol–water partition coefficient (Wildman–Crippen LogP) is 2.32. The van der Waals surface area contributed by atoms with Crippen molar-refractivity contribution in [2.75, 3.05) is 6.54 Å². The molecule has 1 fully saturated rings. The van der Waals surface area contributed by atoms with Crippen molar-refractivity contribution >= 4 is 27.7 Å². The number of carbonyl (C=O) groups is 2. The number of hydrogen-bond donors (Lipinski definition) is 1. The van der Waals surface area contributed by atoms with Crippen molar-refractivity contribution in [1.29, 1.82) is 0 Å². The van der Waals surface area contributed by atoms with Gasteiger partial charge in [-0.3, -0.25) is 9.59 Å². The number of piperidine rings is 1. The van der Waals surface area contributed by atoms with E-state index in [4.69, 9.17) is 5.73 Å². The summed E-state index contributed by atoms with van der Waals surface area (Å²) < 4.78 is 0.941. The van der Waals surface area contributed by atoms with Crippen LogP contribution in [0.2, 0.25) is 0 Å². The molecule has 1 saturated heterocycles. The number of hydrogen-bond acceptors (Lipinski definition) is 2. The van der Waals surface area contributed by atoms with Crippen molar-refractivity contribution in [2.45, 2.75) is 31.7 Å². The first-order chi connectivity index (χ1) is 9.08. The van der Waals surface area contributed by atoms with E-state index in [0.29, 0.717) is 12.1 Å². The summed E-state index contributed by atoms with van der Waals surface area (Å²) in [6.07, 6.45) is 3.13. The molecule has 1 aliphatic heterocycles. The molecular weight excluding hydrogens is 308 g/mol. The number of nitrogens with zero attached hydrogens (tertiary/aromatic N) is 1. The molecule has 1 aliphatic rings. The topological polar surface area (TPSA) is 63.4 Å². The lowest BCUT2D eigenvalue weighted by atomic mass is 9.98. The molecule has 4 nitrogen and oxygen atoms in total. The van der Waals surface area contributed by atoms with E-state index in [-0.39, 0.29) is 24.3 Å². The minimum Gasteiger partial charge on any atom is -0.370 e. The summed E-state index contributed by atoms with van der Waals surface area (Å²) in [6, 6.07) is 7.23. The van der Waals surface area contributed by atoms with E-state index < -0.39 is 0 Å². The second-order valence-corrected chi connectivity index (χ2v) is 5.74. The molecule has 5 heteroatoms. The van der Waals surface area contributed by atoms with Gasteiger partial charge in [0.2, 0.25) is 5.91 Å². The summed E-state index contributed by atoms with van der Waals surface area (Å²) in [6.45, 7) is 0.701. The van der Waals surface area contributed by atoms with Crippen molar-refractivity contribution in [3.63, 3.8) is 0 Å². The molecule has 1 aromatic carbocycles. The largest absolute Gasteiger partial charge is 0.370 e. The molecule has 19 heavy (non-hydrogen) atoms. The summed E-state index contributed by atoms with van der Waals surface area (Å²) in [7, 11) is 0. The highest BCUT2D eigenvalue weighted by Gasteiger charge is 2.28. The molecule has 1 unspecified atom stereocenters. The van der Waals surface area contributed by atoms with Crippen molar-refractivity contribution in [2.24, 2.45) is 5.73 Å². The third-order valence-corrected chi connectivity index (χ3v) is 3.94. The number of primary amides is 1. The van der Waals surface area contributed by atoms with Gasteiger partial charge in [0.1, 0.15) is 0 Å². The Labute approximate surface area is 121 Å². The van der Waals surface area contributed by atoms with Crippen LogP contribution in [0.1, 0.15) is 36.0 Å². The molecule has 0 bridgehead atoms. The molecule has 0 saturated carbocycles. The number of benzene rings is 1. The number of nitrogens with two attached hydrogens (primary N) is 1. The number of rotatable bonds is 3. The van der Waals surface area contributed by atoms with Crippen LogP contribution in [0, 0.1) is 0 Å². The van der Waals surface area contributed by atoms with E-state index in [0.717, 1.165) is 23.7 Å². The molecule has 2 amide bonds. The third-order valence-electron chi connectivity index (χ3n) is 3.42. The Hall–Kier alpha value is -1.36. The van der Waals surface area contributed by atoms with Crippen molar-refractivity contribution in [1.82, 2.24) is 4.90 Å². The monoisotopic (exact) mass is 324 g/mol. The van der Waals surface area contributed by atoms with Crippen LogP contribution in [0.25, 0.3) is 0 Å². The SMILES string of the molecule is NC(=O)CC1CCCCN1C(=O)c1ccc(Br)cc1. The van der Waals surface area contributed by atoms with Crippen molar-refractivity contribution in [3.8, 4) is 0 Å². The average Bonchev–Trinajstić information content (AvgIpc) is 2.39. The minimum atomic E-state index is -0.347. The van der Waals surface area contributed by atoms with Crippen molar-refractivity contribution in [3.05, 3.63) is 34.3 Å². The Bertz CT molecular complexity index is 473. The summed E-state index contributed by atoms with van der Waals surface area (Å²) in [5.41, 5.74) is 5.91. The fraction of sp³-hybridized carbons (Fsp3) is 0.429. The van der Waals surface area contributed by atoms with E-state index in [1.54, 1.807) is 17.0 Å². The van der Waals surface area contributed by atoms with Gasteiger partial charge in [-0.25, -0.2) is 0 Å². The van der Waals surface area contributed by atoms with Crippen LogP contribution in [-0.2, 0) is 4.79 Å². The molecule has 0 radical (unpaired) electrons. The van der Waals surface area contributed by atoms with Crippen LogP contribution in [0.15, 0.2) is 28.7 Å². The predicted molar refractivity (Wildman–Crippen MR) is 76.6 cm³/mol. The molecule has 1 atom stereocenters. The molecule has 1 aromatic rings. The first-order valence-electron chi connectivity index (χ1n) is 6.43. The van der Waals surface area contributed by atoms with Crippen LogP contribution in [0.4, 0.5) is 0 Å². The Morgan fingerprint density at radius 3 is 2.58 bits per heavy atom. The van der Waals surface area contributed by atoms with Crippen LogP contribution in [0.5, 0.6) is 0 Å². The maximum absolute atomic E-state index is 12.5. The smallest absolute Gasteiger partial charge is 0.254 e. The zero-order chi connectivity index (χ0) is 13.8. The van der Waals surface area contributed by atoms with Crippen LogP contribution in [-0.4, -0.2) is 29.3 Å². The van der Waals surface area contributed by atoms with Gasteiger partial charge >= 0.3 is 0 Å². The second-order valence-electron chi connectivity index (χ2n) is 4.83. The molecular formula is C14H17BrN2O2. The van der Waals surface area contributed by atoms with Gasteiger partial charge in [0.05, 0.1) is 0 Å². The van der Waals surface area contributed by atoms with E-state index in [1.807, 2.05) is 12.1 Å². The van der Waals surface area contributed by atoms with E-state index in [2.05, 4.69) is 15.9 Å². The highest BCUT2D eigenvalue weighted by molar-refractivity contribution is 9.10. The Morgan fingerprint density at radius 1 is 1.26 bits per heavy atom. The quantitative estimate of drug-likeness (QED) is 0.927. The summed E-state index contributed by atoms with van der Waals surface area (Å²) in [5.74, 6) is -0.362. The summed E-state index contributed by atoms with van der Waals surface area (Å²) in [4.78, 5) is 25.3. The lowest BCUT2D eigenvalue weighted by Crippen LogP contribution is -2.45. The normalized spacial score (nSPS) is 19.2. The molecule has 2 rings (SSSR count). The van der Waals surface area contributed by atoms with Gasteiger partial charge in [-0.1, -0.05) is 15.9 Å². The van der Waals surface area contributed by atoms with E-state index in [9.17, 15) is 9.59 Å². The Kier molecular flexibility index (Phi) is 4.58. The van der Waals surface area contributed by atoms with E-state index in [1.165, 1.54) is 0 Å². The molecule has 0 aliphatic carbocycles. The Morgan fingerprint density at radius 2 is 1.95 bits per heavy atom. The second kappa shape index (κ2) is 6.19. The van der Waals surface area contributed by atoms with Gasteiger partial charge in [0, 0.05) is 29.0 Å². The van der Waals surface area contributed by atoms with Gasteiger partial charge in [-0.15, -0.1) is 0 Å². The fourth-order valence-corrected chi connectivity index (χ4v) is 2.73. The molecule has 102 valence electrons. The maximum atomic E-state index is 12.5. The number of likely N-dealkylation sites (tertiary alicyclic amines) is 1. The van der Waals surface area contributed by atoms with Gasteiger partial charge in [0.15, 0.2) is 0 Å². The zero-order valence-corrected chi connectivity index (χ0v) is 12.2. The highest BCUT2D eigenvalue weighted by Crippen LogP contribution is 2.22. The fourth-order valence-electron chi connectivity index (χ4n) is 2.47. The number of halogens is 1. The van der Waals surface area contributed by atoms with Gasteiger partial charge in [-0.05, 0) is 43.5 Å². The third kappa shape index (κ3) is 3.56. The number of amides is 2. The molecule has 2 N–H and O–H groups in total. The van der Waals surface area contributed by atoms with Crippen LogP contribution in [0.3, 0.4) is 0 Å². The van der Waals surface area contributed by atoms with E-state index >= 15 is 0 Å². The van der Waals surface area contributed by atoms with Crippen LogP contribution < -0.4 is 5.73 Å². The summed E-state index contributed by atoms with van der Waals surface area (Å²) >= 11 is 3.35. The van der Waals surface area contributed by atoms with Gasteiger partial charge in [-0.2, -0.15) is 0 Å². The number of carbonyl (C=O) groups excluding carboxylic acids is 2.